The van der Waals surface area contributed by atoms with Crippen LogP contribution in [0.1, 0.15) is 52.0 Å². The summed E-state index contributed by atoms with van der Waals surface area (Å²) in [5, 5.41) is 32.3. The molecule has 1 aliphatic carbocycles. The monoisotopic (exact) mass is 581 g/mol. The summed E-state index contributed by atoms with van der Waals surface area (Å²) < 4.78 is 0.867. The van der Waals surface area contributed by atoms with Crippen LogP contribution < -0.4 is 4.90 Å². The first kappa shape index (κ1) is 28.3. The molecule has 1 heterocycles. The zero-order valence-corrected chi connectivity index (χ0v) is 23.7. The van der Waals surface area contributed by atoms with Gasteiger partial charge in [-0.3, -0.25) is 14.5 Å². The number of amides is 2. The summed E-state index contributed by atoms with van der Waals surface area (Å²) >= 11 is 3.44. The lowest BCUT2D eigenvalue weighted by Gasteiger charge is -2.38. The van der Waals surface area contributed by atoms with Gasteiger partial charge in [0.15, 0.2) is 0 Å². The van der Waals surface area contributed by atoms with Crippen molar-refractivity contribution in [2.45, 2.75) is 52.6 Å². The molecule has 2 aliphatic rings. The Morgan fingerprint density at radius 1 is 1.13 bits per heavy atom. The maximum Gasteiger partial charge on any atom is 0.238 e. The largest absolute Gasteiger partial charge is 0.507 e. The van der Waals surface area contributed by atoms with Crippen molar-refractivity contribution < 1.29 is 24.9 Å². The average molecular weight is 583 g/mol. The number of halogens is 1. The second-order valence-electron chi connectivity index (χ2n) is 10.5. The summed E-state index contributed by atoms with van der Waals surface area (Å²) in [6, 6.07) is 14.2. The fourth-order valence-corrected chi connectivity index (χ4v) is 6.34. The Hall–Kier alpha value is -2.74. The van der Waals surface area contributed by atoms with Gasteiger partial charge in [0.2, 0.25) is 11.8 Å². The van der Waals surface area contributed by atoms with Crippen LogP contribution in [0.5, 0.6) is 5.75 Å². The maximum absolute atomic E-state index is 13.6. The van der Waals surface area contributed by atoms with Gasteiger partial charge in [-0.25, -0.2) is 0 Å². The van der Waals surface area contributed by atoms with E-state index in [9.17, 15) is 24.9 Å². The number of hydrogen-bond donors (Lipinski definition) is 3. The van der Waals surface area contributed by atoms with Crippen molar-refractivity contribution in [2.24, 2.45) is 23.7 Å². The van der Waals surface area contributed by atoms with Gasteiger partial charge in [-0.05, 0) is 67.5 Å². The fourth-order valence-electron chi connectivity index (χ4n) is 5.97. The Labute approximate surface area is 232 Å². The van der Waals surface area contributed by atoms with E-state index in [0.717, 1.165) is 22.0 Å². The number of phenolic OH excluding ortho intramolecular Hbond substituents is 1. The molecule has 0 bridgehead atoms. The van der Waals surface area contributed by atoms with Crippen LogP contribution in [0.25, 0.3) is 6.08 Å². The predicted molar refractivity (Wildman–Crippen MR) is 152 cm³/mol. The van der Waals surface area contributed by atoms with Crippen molar-refractivity contribution in [1.29, 1.82) is 0 Å². The SMILES string of the molecule is CC/C(=C\c1cc(Br)ccc1O)CC[C@@H](O)C1=C(C(C)C)C[C@H]2C(=O)N(c3ccccc3)C(=O)[C@H]2[C@H]1CO. The lowest BCUT2D eigenvalue weighted by Crippen LogP contribution is -2.39. The van der Waals surface area contributed by atoms with E-state index in [0.29, 0.717) is 36.1 Å². The smallest absolute Gasteiger partial charge is 0.238 e. The molecule has 0 unspecified atom stereocenters. The van der Waals surface area contributed by atoms with E-state index < -0.39 is 23.9 Å². The molecule has 3 N–H and O–H groups in total. The van der Waals surface area contributed by atoms with E-state index in [1.54, 1.807) is 36.4 Å². The zero-order valence-electron chi connectivity index (χ0n) is 22.1. The molecule has 38 heavy (non-hydrogen) atoms. The number of para-hydroxylation sites is 1. The number of rotatable bonds is 9. The van der Waals surface area contributed by atoms with E-state index >= 15 is 0 Å². The van der Waals surface area contributed by atoms with E-state index in [1.807, 2.05) is 39.0 Å². The molecule has 0 spiro atoms. The number of hydrogen-bond acceptors (Lipinski definition) is 5. The standard InChI is InChI=1S/C31H36BrNO5/c1-4-19(14-20-15-21(32)11-13-26(20)35)10-12-27(36)28-23(18(2)3)16-24-29(25(28)17-34)31(38)33(30(24)37)22-8-6-5-7-9-22/h5-9,11,13-15,18,24-25,27,29,34-36H,4,10,12,16-17H2,1-3H3/b19-14+/t24-,25+,27-,29-/m1/s1. The molecule has 4 rings (SSSR count). The molecule has 2 aromatic carbocycles. The van der Waals surface area contributed by atoms with Gasteiger partial charge in [0.25, 0.3) is 0 Å². The third-order valence-corrected chi connectivity index (χ3v) is 8.42. The summed E-state index contributed by atoms with van der Waals surface area (Å²) in [5.41, 5.74) is 3.98. The van der Waals surface area contributed by atoms with Crippen molar-refractivity contribution in [2.75, 3.05) is 11.5 Å². The molecule has 6 nitrogen and oxygen atoms in total. The number of aliphatic hydroxyl groups excluding tert-OH is 2. The molecule has 0 radical (unpaired) electrons. The van der Waals surface area contributed by atoms with Crippen LogP contribution in [0, 0.1) is 23.7 Å². The molecule has 2 amide bonds. The number of carbonyl (C=O) groups is 2. The van der Waals surface area contributed by atoms with E-state index in [1.165, 1.54) is 4.90 Å². The number of allylic oxidation sites excluding steroid dienone is 2. The Bertz CT molecular complexity index is 1250. The second-order valence-corrected chi connectivity index (χ2v) is 11.4. The lowest BCUT2D eigenvalue weighted by molar-refractivity contribution is -0.123. The van der Waals surface area contributed by atoms with Crippen molar-refractivity contribution in [3.63, 3.8) is 0 Å². The highest BCUT2D eigenvalue weighted by atomic mass is 79.9. The normalized spacial score (nSPS) is 22.9. The first-order chi connectivity index (χ1) is 18.2. The minimum Gasteiger partial charge on any atom is -0.507 e. The molecule has 0 saturated carbocycles. The summed E-state index contributed by atoms with van der Waals surface area (Å²) in [6.07, 6.45) is 3.25. The van der Waals surface area contributed by atoms with Crippen LogP contribution in [0.15, 0.2) is 69.7 Å². The average Bonchev–Trinajstić information content (AvgIpc) is 3.16. The second kappa shape index (κ2) is 12.0. The minimum absolute atomic E-state index is 0.0585. The maximum atomic E-state index is 13.6. The number of nitrogens with zero attached hydrogens (tertiary/aromatic N) is 1. The molecule has 7 heteroatoms. The number of anilines is 1. The zero-order chi connectivity index (χ0) is 27.6. The molecule has 4 atom stereocenters. The minimum atomic E-state index is -0.856. The number of imide groups is 1. The van der Waals surface area contributed by atoms with E-state index in [2.05, 4.69) is 15.9 Å². The fraction of sp³-hybridized carbons (Fsp3) is 0.419. The molecular weight excluding hydrogens is 546 g/mol. The molecule has 1 aliphatic heterocycles. The van der Waals surface area contributed by atoms with Gasteiger partial charge < -0.3 is 15.3 Å². The highest BCUT2D eigenvalue weighted by molar-refractivity contribution is 9.10. The van der Waals surface area contributed by atoms with Crippen LogP contribution in [0.2, 0.25) is 0 Å². The summed E-state index contributed by atoms with van der Waals surface area (Å²) in [7, 11) is 0. The first-order valence-corrected chi connectivity index (χ1v) is 14.1. The van der Waals surface area contributed by atoms with Crippen molar-refractivity contribution in [1.82, 2.24) is 0 Å². The third kappa shape index (κ3) is 5.51. The van der Waals surface area contributed by atoms with Gasteiger partial charge >= 0.3 is 0 Å². The Balaban J connectivity index is 1.62. The summed E-state index contributed by atoms with van der Waals surface area (Å²) in [6.45, 7) is 5.78. The number of fused-ring (bicyclic) bond motifs is 1. The van der Waals surface area contributed by atoms with Gasteiger partial charge in [-0.2, -0.15) is 0 Å². The van der Waals surface area contributed by atoms with Gasteiger partial charge in [-0.15, -0.1) is 0 Å². The number of carbonyl (C=O) groups excluding carboxylic acids is 2. The molecule has 1 fully saturated rings. The number of aromatic hydroxyl groups is 1. The highest BCUT2D eigenvalue weighted by Crippen LogP contribution is 2.48. The molecule has 202 valence electrons. The van der Waals surface area contributed by atoms with E-state index in [-0.39, 0.29) is 30.1 Å². The quantitative estimate of drug-likeness (QED) is 0.254. The molecular formula is C31H36BrNO5. The Morgan fingerprint density at radius 3 is 2.47 bits per heavy atom. The number of phenols is 1. The summed E-state index contributed by atoms with van der Waals surface area (Å²) in [4.78, 5) is 28.3. The number of aliphatic hydroxyl groups is 2. The topological polar surface area (TPSA) is 98.1 Å². The van der Waals surface area contributed by atoms with Gasteiger partial charge in [0.05, 0.1) is 30.2 Å². The molecule has 0 aromatic heterocycles. The van der Waals surface area contributed by atoms with Gasteiger partial charge in [-0.1, -0.05) is 72.1 Å². The Kier molecular flexibility index (Phi) is 8.91. The highest BCUT2D eigenvalue weighted by Gasteiger charge is 2.55. The van der Waals surface area contributed by atoms with Crippen molar-refractivity contribution in [3.05, 3.63) is 75.3 Å². The van der Waals surface area contributed by atoms with Gasteiger partial charge in [0.1, 0.15) is 5.75 Å². The Morgan fingerprint density at radius 2 is 1.84 bits per heavy atom. The third-order valence-electron chi connectivity index (χ3n) is 7.93. The van der Waals surface area contributed by atoms with Crippen LogP contribution in [0.4, 0.5) is 5.69 Å². The first-order valence-electron chi connectivity index (χ1n) is 13.3. The lowest BCUT2D eigenvalue weighted by atomic mass is 9.66. The molecule has 2 aromatic rings. The number of benzene rings is 2. The van der Waals surface area contributed by atoms with E-state index in [4.69, 9.17) is 0 Å². The molecule has 1 saturated heterocycles. The van der Waals surface area contributed by atoms with Crippen molar-refractivity contribution in [3.8, 4) is 5.75 Å². The predicted octanol–water partition coefficient (Wildman–Crippen LogP) is 5.86. The van der Waals surface area contributed by atoms with Gasteiger partial charge in [0, 0.05) is 16.0 Å². The van der Waals surface area contributed by atoms with Crippen molar-refractivity contribution >= 4 is 39.5 Å². The van der Waals surface area contributed by atoms with Crippen LogP contribution >= 0.6 is 15.9 Å². The van der Waals surface area contributed by atoms with Crippen LogP contribution in [-0.2, 0) is 9.59 Å². The van der Waals surface area contributed by atoms with Crippen LogP contribution in [0.3, 0.4) is 0 Å². The summed E-state index contributed by atoms with van der Waals surface area (Å²) in [5.74, 6) is -2.15. The van der Waals surface area contributed by atoms with Crippen LogP contribution in [-0.4, -0.2) is 39.8 Å².